The van der Waals surface area contributed by atoms with Gasteiger partial charge in [0.1, 0.15) is 0 Å². The number of nitrogens with zero attached hydrogens (tertiary/aromatic N) is 1. The van der Waals surface area contributed by atoms with Crippen LogP contribution in [-0.2, 0) is 11.2 Å². The van der Waals surface area contributed by atoms with Crippen LogP contribution in [0.1, 0.15) is 24.5 Å². The Labute approximate surface area is 131 Å². The van der Waals surface area contributed by atoms with Gasteiger partial charge in [0.05, 0.1) is 14.2 Å². The van der Waals surface area contributed by atoms with E-state index in [1.807, 2.05) is 6.08 Å². The normalized spacial score (nSPS) is 16.8. The van der Waals surface area contributed by atoms with Gasteiger partial charge in [0.15, 0.2) is 17.3 Å². The second-order valence-electron chi connectivity index (χ2n) is 5.67. The molecule has 0 spiro atoms. The summed E-state index contributed by atoms with van der Waals surface area (Å²) in [4.78, 5) is 13.6. The average molecular weight is 299 g/mol. The summed E-state index contributed by atoms with van der Waals surface area (Å²) >= 11 is 0. The zero-order valence-electron chi connectivity index (χ0n) is 13.3. The number of methoxy groups -OCH3 is 2. The first kappa shape index (κ1) is 14.7. The lowest BCUT2D eigenvalue weighted by Gasteiger charge is -2.30. The van der Waals surface area contributed by atoms with Gasteiger partial charge in [0.2, 0.25) is 0 Å². The van der Waals surface area contributed by atoms with Crippen molar-refractivity contribution >= 4 is 11.5 Å². The number of benzene rings is 1. The number of rotatable bonds is 4. The summed E-state index contributed by atoms with van der Waals surface area (Å²) in [7, 11) is 3.32. The zero-order chi connectivity index (χ0) is 15.7. The van der Waals surface area contributed by atoms with Crippen LogP contribution in [0.3, 0.4) is 0 Å². The van der Waals surface area contributed by atoms with Crippen LogP contribution >= 0.6 is 0 Å². The first-order valence-corrected chi connectivity index (χ1v) is 7.56. The van der Waals surface area contributed by atoms with E-state index in [0.717, 1.165) is 37.4 Å². The number of ketones is 1. The fourth-order valence-corrected chi connectivity index (χ4v) is 3.24. The molecule has 0 amide bonds. The van der Waals surface area contributed by atoms with Crippen molar-refractivity contribution in [3.63, 3.8) is 0 Å². The summed E-state index contributed by atoms with van der Waals surface area (Å²) in [6.45, 7) is 3.60. The number of allylic oxidation sites excluding steroid dienone is 2. The van der Waals surface area contributed by atoms with Gasteiger partial charge in [-0.1, -0.05) is 6.08 Å². The molecule has 1 aromatic rings. The second-order valence-corrected chi connectivity index (χ2v) is 5.67. The van der Waals surface area contributed by atoms with Gasteiger partial charge in [-0.05, 0) is 49.1 Å². The molecule has 116 valence electrons. The molecular weight excluding hydrogens is 278 g/mol. The summed E-state index contributed by atoms with van der Waals surface area (Å²) in [6.07, 6.45) is 5.60. The summed E-state index contributed by atoms with van der Waals surface area (Å²) in [5.41, 5.74) is 4.94. The maximum absolute atomic E-state index is 11.2. The van der Waals surface area contributed by atoms with E-state index in [2.05, 4.69) is 17.0 Å². The van der Waals surface area contributed by atoms with E-state index in [1.54, 1.807) is 27.2 Å². The average Bonchev–Trinajstić information content (AvgIpc) is 2.94. The number of fused-ring (bicyclic) bond motifs is 3. The van der Waals surface area contributed by atoms with Gasteiger partial charge in [0, 0.05) is 24.4 Å². The first-order chi connectivity index (χ1) is 10.6. The predicted octanol–water partition coefficient (Wildman–Crippen LogP) is 2.82. The molecule has 0 radical (unpaired) electrons. The van der Waals surface area contributed by atoms with Crippen LogP contribution in [0.25, 0.3) is 5.70 Å². The predicted molar refractivity (Wildman–Crippen MR) is 86.2 cm³/mol. The van der Waals surface area contributed by atoms with Crippen LogP contribution in [0.5, 0.6) is 11.5 Å². The minimum absolute atomic E-state index is 0.0786. The molecule has 2 aliphatic heterocycles. The molecule has 0 saturated heterocycles. The van der Waals surface area contributed by atoms with Crippen molar-refractivity contribution < 1.29 is 14.3 Å². The quantitative estimate of drug-likeness (QED) is 0.801. The highest BCUT2D eigenvalue weighted by Crippen LogP contribution is 2.42. The molecule has 2 heterocycles. The maximum atomic E-state index is 11.2. The van der Waals surface area contributed by atoms with Gasteiger partial charge in [-0.25, -0.2) is 0 Å². The Morgan fingerprint density at radius 2 is 1.82 bits per heavy atom. The van der Waals surface area contributed by atoms with Crippen LogP contribution in [-0.4, -0.2) is 38.0 Å². The Balaban J connectivity index is 2.12. The Bertz CT molecular complexity index is 673. The minimum Gasteiger partial charge on any atom is -0.493 e. The van der Waals surface area contributed by atoms with E-state index in [0.29, 0.717) is 0 Å². The summed E-state index contributed by atoms with van der Waals surface area (Å²) < 4.78 is 10.9. The van der Waals surface area contributed by atoms with Crippen LogP contribution in [0.15, 0.2) is 29.9 Å². The van der Waals surface area contributed by atoms with E-state index in [4.69, 9.17) is 9.47 Å². The molecule has 2 aliphatic rings. The molecule has 3 rings (SSSR count). The molecule has 1 aromatic carbocycles. The molecule has 0 aromatic heterocycles. The fraction of sp³-hybridized carbons (Fsp3) is 0.389. The molecule has 0 N–H and O–H groups in total. The Morgan fingerprint density at radius 3 is 2.50 bits per heavy atom. The highest BCUT2D eigenvalue weighted by atomic mass is 16.5. The molecule has 0 fully saturated rings. The van der Waals surface area contributed by atoms with Crippen molar-refractivity contribution in [3.05, 3.63) is 41.0 Å². The molecule has 0 bridgehead atoms. The monoisotopic (exact) mass is 299 g/mol. The Kier molecular flexibility index (Phi) is 3.92. The van der Waals surface area contributed by atoms with Crippen LogP contribution in [0, 0.1) is 0 Å². The Hall–Kier alpha value is -2.23. The molecule has 22 heavy (non-hydrogen) atoms. The minimum atomic E-state index is 0.0786. The SMILES string of the molecule is COc1cc2c(cc1OC)C1=C(C=CC(C)=O)CCN1CC2. The van der Waals surface area contributed by atoms with E-state index in [1.165, 1.54) is 22.4 Å². The topological polar surface area (TPSA) is 38.8 Å². The van der Waals surface area contributed by atoms with Gasteiger partial charge in [-0.3, -0.25) is 4.79 Å². The van der Waals surface area contributed by atoms with Gasteiger partial charge >= 0.3 is 0 Å². The van der Waals surface area contributed by atoms with Gasteiger partial charge < -0.3 is 14.4 Å². The highest BCUT2D eigenvalue weighted by Gasteiger charge is 2.29. The summed E-state index contributed by atoms with van der Waals surface area (Å²) in [5, 5.41) is 0. The summed E-state index contributed by atoms with van der Waals surface area (Å²) in [5.74, 6) is 1.60. The van der Waals surface area contributed by atoms with Crippen molar-refractivity contribution in [2.45, 2.75) is 19.8 Å². The smallest absolute Gasteiger partial charge is 0.161 e. The van der Waals surface area contributed by atoms with E-state index in [9.17, 15) is 4.79 Å². The molecule has 0 atom stereocenters. The van der Waals surface area contributed by atoms with Crippen LogP contribution < -0.4 is 9.47 Å². The molecule has 0 aliphatic carbocycles. The third-order valence-electron chi connectivity index (χ3n) is 4.31. The largest absolute Gasteiger partial charge is 0.493 e. The lowest BCUT2D eigenvalue weighted by molar-refractivity contribution is -0.112. The van der Waals surface area contributed by atoms with Gasteiger partial charge in [-0.2, -0.15) is 0 Å². The zero-order valence-corrected chi connectivity index (χ0v) is 13.3. The standard InChI is InChI=1S/C18H21NO3/c1-12(20)4-5-13-6-8-19-9-7-14-10-16(21-2)17(22-3)11-15(14)18(13)19/h4-5,10-11H,6-9H2,1-3H3. The van der Waals surface area contributed by atoms with Crippen LogP contribution in [0.4, 0.5) is 0 Å². The lowest BCUT2D eigenvalue weighted by atomic mass is 9.94. The fourth-order valence-electron chi connectivity index (χ4n) is 3.24. The van der Waals surface area contributed by atoms with Crippen molar-refractivity contribution in [1.29, 1.82) is 0 Å². The first-order valence-electron chi connectivity index (χ1n) is 7.56. The van der Waals surface area contributed by atoms with Crippen molar-refractivity contribution in [2.24, 2.45) is 0 Å². The van der Waals surface area contributed by atoms with Crippen molar-refractivity contribution in [1.82, 2.24) is 4.90 Å². The van der Waals surface area contributed by atoms with Crippen LogP contribution in [0.2, 0.25) is 0 Å². The highest BCUT2D eigenvalue weighted by molar-refractivity contribution is 5.88. The number of carbonyl (C=O) groups excluding carboxylic acids is 1. The van der Waals surface area contributed by atoms with Gasteiger partial charge in [0.25, 0.3) is 0 Å². The van der Waals surface area contributed by atoms with Crippen molar-refractivity contribution in [3.8, 4) is 11.5 Å². The third-order valence-corrected chi connectivity index (χ3v) is 4.31. The number of carbonyl (C=O) groups is 1. The van der Waals surface area contributed by atoms with Gasteiger partial charge in [-0.15, -0.1) is 0 Å². The lowest BCUT2D eigenvalue weighted by Crippen LogP contribution is -2.27. The number of hydrogen-bond donors (Lipinski definition) is 0. The molecular formula is C18H21NO3. The molecule has 4 heteroatoms. The molecule has 0 unspecified atom stereocenters. The second kappa shape index (κ2) is 5.87. The van der Waals surface area contributed by atoms with Crippen molar-refractivity contribution in [2.75, 3.05) is 27.3 Å². The summed E-state index contributed by atoms with van der Waals surface area (Å²) in [6, 6.07) is 4.13. The maximum Gasteiger partial charge on any atom is 0.161 e. The third kappa shape index (κ3) is 2.49. The molecule has 4 nitrogen and oxygen atoms in total. The van der Waals surface area contributed by atoms with E-state index < -0.39 is 0 Å². The number of ether oxygens (including phenoxy) is 2. The molecule has 0 saturated carbocycles. The van der Waals surface area contributed by atoms with E-state index in [-0.39, 0.29) is 5.78 Å². The van der Waals surface area contributed by atoms with E-state index >= 15 is 0 Å². The Morgan fingerprint density at radius 1 is 1.14 bits per heavy atom. The number of hydrogen-bond acceptors (Lipinski definition) is 4.